The number of hydrogen-bond acceptors (Lipinski definition) is 0. The van der Waals surface area contributed by atoms with E-state index in [-0.39, 0.29) is 5.41 Å². The summed E-state index contributed by atoms with van der Waals surface area (Å²) in [6.45, 7) is 4.67. The molecule has 0 atom stereocenters. The molecule has 1 aliphatic carbocycles. The van der Waals surface area contributed by atoms with Crippen molar-refractivity contribution in [3.8, 4) is 22.3 Å². The highest BCUT2D eigenvalue weighted by Gasteiger charge is 2.35. The number of aromatic amines is 1. The first kappa shape index (κ1) is 17.8. The lowest BCUT2D eigenvalue weighted by Crippen LogP contribution is -2.14. The highest BCUT2D eigenvalue weighted by Crippen LogP contribution is 2.49. The molecular weight excluding hydrogens is 386 g/mol. The normalized spacial score (nSPS) is 14.2. The third-order valence-corrected chi connectivity index (χ3v) is 7.39. The number of nitrogens with one attached hydrogen (secondary N) is 1. The minimum atomic E-state index is 0.0394. The molecule has 1 aromatic heterocycles. The van der Waals surface area contributed by atoms with E-state index in [0.29, 0.717) is 0 Å². The van der Waals surface area contributed by atoms with Crippen LogP contribution in [0, 0.1) is 0 Å². The van der Waals surface area contributed by atoms with Gasteiger partial charge in [-0.3, -0.25) is 0 Å². The van der Waals surface area contributed by atoms with Crippen molar-refractivity contribution in [2.45, 2.75) is 19.3 Å². The van der Waals surface area contributed by atoms with Gasteiger partial charge in [-0.1, -0.05) is 92.7 Å². The summed E-state index contributed by atoms with van der Waals surface area (Å²) in [7, 11) is 0. The molecule has 0 radical (unpaired) electrons. The van der Waals surface area contributed by atoms with Gasteiger partial charge in [-0.05, 0) is 56.8 Å². The molecule has 1 heteroatoms. The minimum absolute atomic E-state index is 0.0394. The van der Waals surface area contributed by atoms with Crippen molar-refractivity contribution in [3.05, 3.63) is 108 Å². The summed E-state index contributed by atoms with van der Waals surface area (Å²) >= 11 is 0. The van der Waals surface area contributed by atoms with E-state index >= 15 is 0 Å². The Morgan fingerprint density at radius 1 is 0.562 bits per heavy atom. The van der Waals surface area contributed by atoms with Crippen LogP contribution in [0.1, 0.15) is 25.0 Å². The zero-order valence-corrected chi connectivity index (χ0v) is 18.2. The Morgan fingerprint density at radius 2 is 1.28 bits per heavy atom. The van der Waals surface area contributed by atoms with Crippen LogP contribution in [0.5, 0.6) is 0 Å². The van der Waals surface area contributed by atoms with Gasteiger partial charge in [0.15, 0.2) is 0 Å². The molecule has 1 heterocycles. The molecule has 7 rings (SSSR count). The van der Waals surface area contributed by atoms with Crippen molar-refractivity contribution >= 4 is 32.6 Å². The summed E-state index contributed by atoms with van der Waals surface area (Å²) in [6, 6.07) is 35.7. The van der Waals surface area contributed by atoms with E-state index in [2.05, 4.69) is 116 Å². The molecule has 0 aliphatic heterocycles. The monoisotopic (exact) mass is 409 g/mol. The van der Waals surface area contributed by atoms with Gasteiger partial charge in [-0.15, -0.1) is 0 Å². The van der Waals surface area contributed by atoms with Gasteiger partial charge in [0, 0.05) is 27.3 Å². The third-order valence-electron chi connectivity index (χ3n) is 7.39. The van der Waals surface area contributed by atoms with E-state index < -0.39 is 0 Å². The largest absolute Gasteiger partial charge is 0.354 e. The Morgan fingerprint density at radius 3 is 2.16 bits per heavy atom. The van der Waals surface area contributed by atoms with Gasteiger partial charge in [0.1, 0.15) is 0 Å². The predicted octanol–water partition coefficient (Wildman–Crippen LogP) is 8.45. The average molecular weight is 410 g/mol. The smallest absolute Gasteiger partial charge is 0.0544 e. The quantitative estimate of drug-likeness (QED) is 0.280. The van der Waals surface area contributed by atoms with Crippen LogP contribution in [-0.4, -0.2) is 4.98 Å². The maximum absolute atomic E-state index is 3.74. The number of H-pyrrole nitrogens is 1. The predicted molar refractivity (Wildman–Crippen MR) is 136 cm³/mol. The van der Waals surface area contributed by atoms with Crippen LogP contribution in [0.25, 0.3) is 54.8 Å². The van der Waals surface area contributed by atoms with Crippen molar-refractivity contribution in [1.82, 2.24) is 4.98 Å². The Balaban J connectivity index is 1.49. The summed E-state index contributed by atoms with van der Waals surface area (Å²) in [5.74, 6) is 0. The van der Waals surface area contributed by atoms with Crippen LogP contribution >= 0.6 is 0 Å². The Bertz CT molecular complexity index is 1700. The molecule has 0 unspecified atom stereocenters. The number of aromatic nitrogens is 1. The SMILES string of the molecule is CC1(C)c2ccccc2-c2cc(-c3cccc4c3[nH]c3cc5ccccc5cc34)ccc21. The average Bonchev–Trinajstić information content (AvgIpc) is 3.30. The van der Waals surface area contributed by atoms with Gasteiger partial charge in [-0.25, -0.2) is 0 Å². The number of fused-ring (bicyclic) bond motifs is 7. The maximum atomic E-state index is 3.74. The van der Waals surface area contributed by atoms with Crippen molar-refractivity contribution in [2.75, 3.05) is 0 Å². The zero-order chi connectivity index (χ0) is 21.4. The molecule has 0 amide bonds. The fourth-order valence-electron chi connectivity index (χ4n) is 5.74. The molecule has 1 nitrogen and oxygen atoms in total. The van der Waals surface area contributed by atoms with Gasteiger partial charge < -0.3 is 4.98 Å². The second-order valence-electron chi connectivity index (χ2n) is 9.53. The lowest BCUT2D eigenvalue weighted by atomic mass is 9.82. The molecular formula is C31H23N. The second kappa shape index (κ2) is 6.11. The molecule has 0 fully saturated rings. The fourth-order valence-corrected chi connectivity index (χ4v) is 5.74. The highest BCUT2D eigenvalue weighted by molar-refractivity contribution is 6.15. The van der Waals surface area contributed by atoms with Gasteiger partial charge >= 0.3 is 0 Å². The first-order chi connectivity index (χ1) is 15.6. The molecule has 152 valence electrons. The van der Waals surface area contributed by atoms with E-state index in [1.165, 1.54) is 66.0 Å². The third kappa shape index (κ3) is 2.28. The van der Waals surface area contributed by atoms with E-state index in [4.69, 9.17) is 0 Å². The molecule has 6 aromatic rings. The number of hydrogen-bond donors (Lipinski definition) is 1. The summed E-state index contributed by atoms with van der Waals surface area (Å²) < 4.78 is 0. The Hall–Kier alpha value is -3.84. The standard InChI is InChI=1S/C31H23N/c1-31(2)27-13-6-5-10-23(27)25-17-21(14-15-28(25)31)22-11-7-12-24-26-16-19-8-3-4-9-20(19)18-29(26)32-30(22)24/h3-18,32H,1-2H3. The number of rotatable bonds is 1. The second-order valence-corrected chi connectivity index (χ2v) is 9.53. The molecule has 1 aliphatic rings. The van der Waals surface area contributed by atoms with Gasteiger partial charge in [-0.2, -0.15) is 0 Å². The highest BCUT2D eigenvalue weighted by atomic mass is 14.7. The van der Waals surface area contributed by atoms with E-state index in [9.17, 15) is 0 Å². The van der Waals surface area contributed by atoms with Crippen LogP contribution < -0.4 is 0 Å². The van der Waals surface area contributed by atoms with Crippen LogP contribution in [0.2, 0.25) is 0 Å². The first-order valence-electron chi connectivity index (χ1n) is 11.3. The van der Waals surface area contributed by atoms with E-state index in [0.717, 1.165) is 0 Å². The lowest BCUT2D eigenvalue weighted by molar-refractivity contribution is 0.660. The molecule has 0 saturated heterocycles. The van der Waals surface area contributed by atoms with Crippen LogP contribution in [0.3, 0.4) is 0 Å². The van der Waals surface area contributed by atoms with Gasteiger partial charge in [0.05, 0.1) is 5.52 Å². The van der Waals surface area contributed by atoms with Gasteiger partial charge in [0.25, 0.3) is 0 Å². The molecule has 1 N–H and O–H groups in total. The summed E-state index contributed by atoms with van der Waals surface area (Å²) in [5.41, 5.74) is 10.5. The van der Waals surface area contributed by atoms with Crippen molar-refractivity contribution in [3.63, 3.8) is 0 Å². The number of para-hydroxylation sites is 1. The summed E-state index contributed by atoms with van der Waals surface area (Å²) in [4.78, 5) is 3.74. The van der Waals surface area contributed by atoms with Crippen molar-refractivity contribution in [2.24, 2.45) is 0 Å². The van der Waals surface area contributed by atoms with Crippen molar-refractivity contribution in [1.29, 1.82) is 0 Å². The summed E-state index contributed by atoms with van der Waals surface area (Å²) in [5, 5.41) is 5.12. The van der Waals surface area contributed by atoms with E-state index in [1.807, 2.05) is 0 Å². The number of benzene rings is 5. The lowest BCUT2D eigenvalue weighted by Gasteiger charge is -2.21. The molecule has 0 spiro atoms. The zero-order valence-electron chi connectivity index (χ0n) is 18.2. The first-order valence-corrected chi connectivity index (χ1v) is 11.3. The van der Waals surface area contributed by atoms with E-state index in [1.54, 1.807) is 0 Å². The molecule has 0 bridgehead atoms. The Kier molecular flexibility index (Phi) is 3.40. The van der Waals surface area contributed by atoms with Gasteiger partial charge in [0.2, 0.25) is 0 Å². The maximum Gasteiger partial charge on any atom is 0.0544 e. The molecule has 32 heavy (non-hydrogen) atoms. The molecule has 5 aromatic carbocycles. The Labute approximate surface area is 187 Å². The fraction of sp³-hybridized carbons (Fsp3) is 0.0968. The van der Waals surface area contributed by atoms with Crippen LogP contribution in [0.15, 0.2) is 97.1 Å². The minimum Gasteiger partial charge on any atom is -0.354 e. The van der Waals surface area contributed by atoms with Crippen molar-refractivity contribution < 1.29 is 0 Å². The van der Waals surface area contributed by atoms with Crippen LogP contribution in [-0.2, 0) is 5.41 Å². The molecule has 0 saturated carbocycles. The summed E-state index contributed by atoms with van der Waals surface area (Å²) in [6.07, 6.45) is 0. The van der Waals surface area contributed by atoms with Crippen LogP contribution in [0.4, 0.5) is 0 Å². The topological polar surface area (TPSA) is 15.8 Å².